The molecule has 0 aliphatic heterocycles. The van der Waals surface area contributed by atoms with E-state index in [2.05, 4.69) is 24.3 Å². The second-order valence-corrected chi connectivity index (χ2v) is 6.30. The Morgan fingerprint density at radius 2 is 2.25 bits per heavy atom. The van der Waals surface area contributed by atoms with Crippen LogP contribution in [0.25, 0.3) is 0 Å². The molecule has 2 N–H and O–H groups in total. The fourth-order valence-corrected chi connectivity index (χ4v) is 3.68. The number of nitrogens with two attached hydrogens (primary N) is 1. The lowest BCUT2D eigenvalue weighted by Gasteiger charge is -2.29. The summed E-state index contributed by atoms with van der Waals surface area (Å²) in [5.41, 5.74) is 8.49. The van der Waals surface area contributed by atoms with Crippen LogP contribution in [0.5, 0.6) is 0 Å². The Balaban J connectivity index is 1.83. The predicted molar refractivity (Wildman–Crippen MR) is 69.0 cm³/mol. The number of hydrogen-bond acceptors (Lipinski definition) is 2. The number of rotatable bonds is 5. The fourth-order valence-electron chi connectivity index (χ4n) is 2.14. The lowest BCUT2D eigenvalue weighted by molar-refractivity contribution is 0.637. The Morgan fingerprint density at radius 3 is 2.94 bits per heavy atom. The largest absolute Gasteiger partial charge is 0.328 e. The summed E-state index contributed by atoms with van der Waals surface area (Å²) >= 11 is 0. The third-order valence-corrected chi connectivity index (χ3v) is 4.61. The molecule has 0 fully saturated rings. The van der Waals surface area contributed by atoms with Gasteiger partial charge < -0.3 is 5.73 Å². The van der Waals surface area contributed by atoms with E-state index < -0.39 is 10.8 Å². The zero-order valence-corrected chi connectivity index (χ0v) is 10.5. The summed E-state index contributed by atoms with van der Waals surface area (Å²) < 4.78 is 11.8. The van der Waals surface area contributed by atoms with E-state index in [0.29, 0.717) is 5.92 Å². The van der Waals surface area contributed by atoms with Crippen LogP contribution >= 0.6 is 0 Å². The monoisotopic (exact) mass is 237 g/mol. The molecule has 1 aromatic carbocycles. The molecule has 0 bridgehead atoms. The molecule has 3 atom stereocenters. The van der Waals surface area contributed by atoms with Gasteiger partial charge in [0.05, 0.1) is 0 Å². The minimum Gasteiger partial charge on any atom is -0.328 e. The standard InChI is InChI=1S/C13H19NOS/c1-10(14)6-7-16(15)9-12-8-11-4-2-3-5-13(11)12/h2-5,10,12H,6-9,14H2,1H3. The normalized spacial score (nSPS) is 22.0. The van der Waals surface area contributed by atoms with Gasteiger partial charge in [0.1, 0.15) is 0 Å². The summed E-state index contributed by atoms with van der Waals surface area (Å²) in [6, 6.07) is 8.62. The second kappa shape index (κ2) is 5.11. The molecule has 0 saturated heterocycles. The van der Waals surface area contributed by atoms with Crippen molar-refractivity contribution in [2.45, 2.75) is 31.7 Å². The average Bonchev–Trinajstić information content (AvgIpc) is 2.23. The molecule has 0 radical (unpaired) electrons. The van der Waals surface area contributed by atoms with Gasteiger partial charge in [-0.2, -0.15) is 0 Å². The topological polar surface area (TPSA) is 43.1 Å². The molecule has 3 unspecified atom stereocenters. The maximum Gasteiger partial charge on any atom is 0.0306 e. The fraction of sp³-hybridized carbons (Fsp3) is 0.538. The van der Waals surface area contributed by atoms with E-state index in [9.17, 15) is 4.21 Å². The van der Waals surface area contributed by atoms with Gasteiger partial charge in [0.2, 0.25) is 0 Å². The molecule has 2 nitrogen and oxygen atoms in total. The van der Waals surface area contributed by atoms with Gasteiger partial charge in [-0.05, 0) is 36.8 Å². The van der Waals surface area contributed by atoms with Gasteiger partial charge in [0, 0.05) is 28.3 Å². The zero-order chi connectivity index (χ0) is 11.5. The van der Waals surface area contributed by atoms with E-state index in [1.165, 1.54) is 11.1 Å². The molecule has 0 amide bonds. The molecule has 3 heteroatoms. The molecular weight excluding hydrogens is 218 g/mol. The molecule has 88 valence electrons. The minimum absolute atomic E-state index is 0.164. The SMILES string of the molecule is CC(N)CCS(=O)CC1Cc2ccccc21. The van der Waals surface area contributed by atoms with Crippen LogP contribution < -0.4 is 5.73 Å². The number of benzene rings is 1. The van der Waals surface area contributed by atoms with E-state index in [4.69, 9.17) is 5.73 Å². The van der Waals surface area contributed by atoms with Crippen molar-refractivity contribution >= 4 is 10.8 Å². The first-order chi connectivity index (χ1) is 7.66. The van der Waals surface area contributed by atoms with Crippen LogP contribution in [0, 0.1) is 0 Å². The van der Waals surface area contributed by atoms with Crippen molar-refractivity contribution in [2.24, 2.45) is 5.73 Å². The number of fused-ring (bicyclic) bond motifs is 1. The summed E-state index contributed by atoms with van der Waals surface area (Å²) in [5.74, 6) is 2.07. The lowest BCUT2D eigenvalue weighted by Crippen LogP contribution is -2.25. The Morgan fingerprint density at radius 1 is 1.50 bits per heavy atom. The first-order valence-corrected chi connectivity index (χ1v) is 7.34. The molecule has 0 spiro atoms. The quantitative estimate of drug-likeness (QED) is 0.848. The van der Waals surface area contributed by atoms with Gasteiger partial charge in [-0.25, -0.2) is 0 Å². The predicted octanol–water partition coefficient (Wildman–Crippen LogP) is 1.81. The van der Waals surface area contributed by atoms with Crippen molar-refractivity contribution < 1.29 is 4.21 Å². The highest BCUT2D eigenvalue weighted by atomic mass is 32.2. The first-order valence-electron chi connectivity index (χ1n) is 5.85. The third kappa shape index (κ3) is 2.71. The van der Waals surface area contributed by atoms with Crippen LogP contribution in [0.3, 0.4) is 0 Å². The van der Waals surface area contributed by atoms with Crippen molar-refractivity contribution in [3.63, 3.8) is 0 Å². The molecule has 0 saturated carbocycles. The van der Waals surface area contributed by atoms with Crippen molar-refractivity contribution in [1.82, 2.24) is 0 Å². The van der Waals surface area contributed by atoms with Gasteiger partial charge in [-0.1, -0.05) is 24.3 Å². The van der Waals surface area contributed by atoms with Gasteiger partial charge in [-0.15, -0.1) is 0 Å². The van der Waals surface area contributed by atoms with E-state index in [1.54, 1.807) is 0 Å². The van der Waals surface area contributed by atoms with Gasteiger partial charge >= 0.3 is 0 Å². The molecule has 0 heterocycles. The van der Waals surface area contributed by atoms with Gasteiger partial charge in [0.15, 0.2) is 0 Å². The maximum atomic E-state index is 11.8. The van der Waals surface area contributed by atoms with E-state index in [-0.39, 0.29) is 6.04 Å². The van der Waals surface area contributed by atoms with E-state index in [0.717, 1.165) is 24.3 Å². The summed E-state index contributed by atoms with van der Waals surface area (Å²) in [6.07, 6.45) is 1.96. The van der Waals surface area contributed by atoms with Crippen molar-refractivity contribution in [2.75, 3.05) is 11.5 Å². The molecule has 1 aliphatic carbocycles. The zero-order valence-electron chi connectivity index (χ0n) is 9.69. The summed E-state index contributed by atoms with van der Waals surface area (Å²) in [7, 11) is -0.707. The maximum absolute atomic E-state index is 11.8. The van der Waals surface area contributed by atoms with Crippen LogP contribution in [-0.4, -0.2) is 21.8 Å². The van der Waals surface area contributed by atoms with Crippen LogP contribution in [0.15, 0.2) is 24.3 Å². The Kier molecular flexibility index (Phi) is 3.77. The van der Waals surface area contributed by atoms with Crippen molar-refractivity contribution in [1.29, 1.82) is 0 Å². The third-order valence-electron chi connectivity index (χ3n) is 3.15. The summed E-state index contributed by atoms with van der Waals surface area (Å²) in [4.78, 5) is 0. The van der Waals surface area contributed by atoms with Crippen molar-refractivity contribution in [3.05, 3.63) is 35.4 Å². The number of hydrogen-bond donors (Lipinski definition) is 1. The molecule has 1 aromatic rings. The van der Waals surface area contributed by atoms with Crippen LogP contribution in [0.4, 0.5) is 0 Å². The molecule has 2 rings (SSSR count). The summed E-state index contributed by atoms with van der Waals surface area (Å²) in [5, 5.41) is 0. The Labute approximate surface area is 99.7 Å². The van der Waals surface area contributed by atoms with Gasteiger partial charge in [-0.3, -0.25) is 4.21 Å². The molecule has 0 aromatic heterocycles. The van der Waals surface area contributed by atoms with Crippen LogP contribution in [0.2, 0.25) is 0 Å². The van der Waals surface area contributed by atoms with Crippen molar-refractivity contribution in [3.8, 4) is 0 Å². The highest BCUT2D eigenvalue weighted by Crippen LogP contribution is 2.35. The highest BCUT2D eigenvalue weighted by molar-refractivity contribution is 7.85. The van der Waals surface area contributed by atoms with Gasteiger partial charge in [0.25, 0.3) is 0 Å². The molecule has 1 aliphatic rings. The van der Waals surface area contributed by atoms with E-state index >= 15 is 0 Å². The summed E-state index contributed by atoms with van der Waals surface area (Å²) in [6.45, 7) is 1.97. The van der Waals surface area contributed by atoms with Crippen LogP contribution in [-0.2, 0) is 17.2 Å². The van der Waals surface area contributed by atoms with E-state index in [1.807, 2.05) is 6.92 Å². The first kappa shape index (κ1) is 11.8. The average molecular weight is 237 g/mol. The molecular formula is C13H19NOS. The Bertz CT molecular complexity index is 389. The minimum atomic E-state index is -0.707. The lowest BCUT2D eigenvalue weighted by atomic mass is 9.79. The smallest absolute Gasteiger partial charge is 0.0306 e. The Hall–Kier alpha value is -0.670. The second-order valence-electron chi connectivity index (χ2n) is 4.68. The highest BCUT2D eigenvalue weighted by Gasteiger charge is 2.26. The molecule has 16 heavy (non-hydrogen) atoms. The van der Waals surface area contributed by atoms with Crippen LogP contribution in [0.1, 0.15) is 30.4 Å².